The summed E-state index contributed by atoms with van der Waals surface area (Å²) in [6.07, 6.45) is 0. The molecule has 3 aromatic rings. The summed E-state index contributed by atoms with van der Waals surface area (Å²) < 4.78 is 1.71. The molecule has 3 rings (SSSR count). The zero-order valence-corrected chi connectivity index (χ0v) is 16.1. The number of tetrazole rings is 1. The van der Waals surface area contributed by atoms with Gasteiger partial charge in [-0.15, -0.1) is 5.10 Å². The van der Waals surface area contributed by atoms with E-state index < -0.39 is 6.04 Å². The summed E-state index contributed by atoms with van der Waals surface area (Å²) in [5.74, 6) is 0.596. The molecular weight excluding hydrogens is 340 g/mol. The molecule has 1 atom stereocenters. The molecule has 7 nitrogen and oxygen atoms in total. The van der Waals surface area contributed by atoms with Crippen molar-refractivity contribution in [3.8, 4) is 5.69 Å². The molecule has 0 radical (unpaired) electrons. The molecule has 0 aliphatic rings. The molecule has 27 heavy (non-hydrogen) atoms. The van der Waals surface area contributed by atoms with E-state index in [-0.39, 0.29) is 5.91 Å². The Labute approximate surface area is 159 Å². The van der Waals surface area contributed by atoms with Crippen molar-refractivity contribution in [2.75, 3.05) is 27.7 Å². The minimum absolute atomic E-state index is 0.00631. The Morgan fingerprint density at radius 3 is 2.37 bits per heavy atom. The summed E-state index contributed by atoms with van der Waals surface area (Å²) in [7, 11) is 5.54. The number of para-hydroxylation sites is 1. The second-order valence-electron chi connectivity index (χ2n) is 6.79. The predicted octanol–water partition coefficient (Wildman–Crippen LogP) is 2.08. The fraction of sp³-hybridized carbons (Fsp3) is 0.300. The van der Waals surface area contributed by atoms with E-state index in [0.29, 0.717) is 12.4 Å². The first kappa shape index (κ1) is 18.7. The van der Waals surface area contributed by atoms with Crippen molar-refractivity contribution in [3.63, 3.8) is 0 Å². The van der Waals surface area contributed by atoms with E-state index in [1.165, 1.54) is 0 Å². The number of aryl methyl sites for hydroxylation is 1. The molecule has 0 aliphatic carbocycles. The van der Waals surface area contributed by atoms with Gasteiger partial charge in [0, 0.05) is 7.05 Å². The summed E-state index contributed by atoms with van der Waals surface area (Å²) in [6.45, 7) is 2.32. The van der Waals surface area contributed by atoms with Gasteiger partial charge in [0.2, 0.25) is 5.91 Å². The number of rotatable bonds is 6. The van der Waals surface area contributed by atoms with Gasteiger partial charge in [-0.2, -0.15) is 4.68 Å². The molecule has 2 aromatic carbocycles. The largest absolute Gasteiger partial charge is 0.330 e. The SMILES string of the molecule is Cc1ccccc1-n1nnnc1C(c1ccccc1)N(C)C(=O)CN(C)C. The number of hydrogen-bond acceptors (Lipinski definition) is 5. The first-order valence-corrected chi connectivity index (χ1v) is 8.78. The normalized spacial score (nSPS) is 12.2. The van der Waals surface area contributed by atoms with Crippen LogP contribution >= 0.6 is 0 Å². The highest BCUT2D eigenvalue weighted by molar-refractivity contribution is 5.78. The van der Waals surface area contributed by atoms with Gasteiger partial charge in [-0.25, -0.2) is 0 Å². The van der Waals surface area contributed by atoms with E-state index in [2.05, 4.69) is 15.5 Å². The monoisotopic (exact) mass is 364 g/mol. The zero-order valence-electron chi connectivity index (χ0n) is 16.1. The van der Waals surface area contributed by atoms with Crippen LogP contribution in [0, 0.1) is 6.92 Å². The van der Waals surface area contributed by atoms with E-state index in [0.717, 1.165) is 16.8 Å². The molecule has 7 heteroatoms. The lowest BCUT2D eigenvalue weighted by Crippen LogP contribution is -2.39. The summed E-state index contributed by atoms with van der Waals surface area (Å²) >= 11 is 0. The van der Waals surface area contributed by atoms with Gasteiger partial charge < -0.3 is 9.80 Å². The van der Waals surface area contributed by atoms with Gasteiger partial charge in [-0.3, -0.25) is 4.79 Å². The highest BCUT2D eigenvalue weighted by atomic mass is 16.2. The standard InChI is InChI=1S/C20H24N6O/c1-15-10-8-9-13-17(15)26-20(21-22-23-26)19(16-11-6-5-7-12-16)25(4)18(27)14-24(2)3/h5-13,19H,14H2,1-4H3. The number of hydrogen-bond donors (Lipinski definition) is 0. The van der Waals surface area contributed by atoms with Crippen molar-refractivity contribution in [1.29, 1.82) is 0 Å². The van der Waals surface area contributed by atoms with Crippen LogP contribution in [0.1, 0.15) is 23.0 Å². The van der Waals surface area contributed by atoms with Crippen LogP contribution in [0.5, 0.6) is 0 Å². The van der Waals surface area contributed by atoms with Crippen LogP contribution in [-0.2, 0) is 4.79 Å². The molecule has 1 unspecified atom stereocenters. The smallest absolute Gasteiger partial charge is 0.237 e. The summed E-state index contributed by atoms with van der Waals surface area (Å²) in [5, 5.41) is 12.4. The molecule has 0 bridgehead atoms. The number of nitrogens with zero attached hydrogens (tertiary/aromatic N) is 6. The number of benzene rings is 2. The molecule has 1 aromatic heterocycles. The molecule has 1 amide bonds. The van der Waals surface area contributed by atoms with E-state index in [1.807, 2.05) is 80.5 Å². The van der Waals surface area contributed by atoms with Crippen LogP contribution in [0.15, 0.2) is 54.6 Å². The van der Waals surface area contributed by atoms with Crippen LogP contribution in [0.3, 0.4) is 0 Å². The third-order valence-corrected chi connectivity index (χ3v) is 4.43. The van der Waals surface area contributed by atoms with Crippen LogP contribution in [0.4, 0.5) is 0 Å². The quantitative estimate of drug-likeness (QED) is 0.670. The molecule has 0 fully saturated rings. The maximum Gasteiger partial charge on any atom is 0.237 e. The third kappa shape index (κ3) is 4.03. The molecule has 0 N–H and O–H groups in total. The first-order chi connectivity index (χ1) is 13.0. The van der Waals surface area contributed by atoms with Gasteiger partial charge in [-0.1, -0.05) is 48.5 Å². The Morgan fingerprint density at radius 1 is 1.04 bits per heavy atom. The maximum atomic E-state index is 12.8. The fourth-order valence-electron chi connectivity index (χ4n) is 3.04. The van der Waals surface area contributed by atoms with E-state index >= 15 is 0 Å². The maximum absolute atomic E-state index is 12.8. The Hall–Kier alpha value is -3.06. The lowest BCUT2D eigenvalue weighted by molar-refractivity contribution is -0.132. The van der Waals surface area contributed by atoms with Crippen molar-refractivity contribution >= 4 is 5.91 Å². The third-order valence-electron chi connectivity index (χ3n) is 4.43. The Kier molecular flexibility index (Phi) is 5.61. The van der Waals surface area contributed by atoms with Crippen molar-refractivity contribution in [3.05, 3.63) is 71.5 Å². The average Bonchev–Trinajstić information content (AvgIpc) is 3.11. The Balaban J connectivity index is 2.09. The molecule has 0 aliphatic heterocycles. The van der Waals surface area contributed by atoms with Gasteiger partial charge in [0.15, 0.2) is 5.82 Å². The van der Waals surface area contributed by atoms with Crippen molar-refractivity contribution in [2.45, 2.75) is 13.0 Å². The minimum Gasteiger partial charge on any atom is -0.330 e. The lowest BCUT2D eigenvalue weighted by atomic mass is 10.0. The van der Waals surface area contributed by atoms with E-state index in [9.17, 15) is 4.79 Å². The van der Waals surface area contributed by atoms with Crippen LogP contribution in [-0.4, -0.2) is 63.6 Å². The van der Waals surface area contributed by atoms with Crippen LogP contribution in [0.2, 0.25) is 0 Å². The van der Waals surface area contributed by atoms with Crippen LogP contribution in [0.25, 0.3) is 5.69 Å². The number of aromatic nitrogens is 4. The highest BCUT2D eigenvalue weighted by Crippen LogP contribution is 2.28. The number of carbonyl (C=O) groups excluding carboxylic acids is 1. The van der Waals surface area contributed by atoms with Crippen molar-refractivity contribution in [2.24, 2.45) is 0 Å². The van der Waals surface area contributed by atoms with Crippen molar-refractivity contribution < 1.29 is 4.79 Å². The first-order valence-electron chi connectivity index (χ1n) is 8.78. The molecule has 140 valence electrons. The Bertz CT molecular complexity index is 906. The molecular formula is C20H24N6O. The molecule has 0 saturated carbocycles. The van der Waals surface area contributed by atoms with E-state index in [1.54, 1.807) is 16.6 Å². The second kappa shape index (κ2) is 8.09. The average molecular weight is 364 g/mol. The summed E-state index contributed by atoms with van der Waals surface area (Å²) in [5.41, 5.74) is 2.91. The van der Waals surface area contributed by atoms with Gasteiger partial charge in [0.1, 0.15) is 6.04 Å². The molecule has 0 spiro atoms. The highest BCUT2D eigenvalue weighted by Gasteiger charge is 2.29. The topological polar surface area (TPSA) is 67.2 Å². The number of likely N-dealkylation sites (N-methyl/N-ethyl adjacent to an activating group) is 2. The zero-order chi connectivity index (χ0) is 19.4. The fourth-order valence-corrected chi connectivity index (χ4v) is 3.04. The van der Waals surface area contributed by atoms with Gasteiger partial charge >= 0.3 is 0 Å². The lowest BCUT2D eigenvalue weighted by Gasteiger charge is -2.29. The van der Waals surface area contributed by atoms with Gasteiger partial charge in [-0.05, 0) is 48.6 Å². The molecule has 1 heterocycles. The number of amides is 1. The number of carbonyl (C=O) groups is 1. The Morgan fingerprint density at radius 2 is 1.70 bits per heavy atom. The van der Waals surface area contributed by atoms with Gasteiger partial charge in [0.25, 0.3) is 0 Å². The summed E-state index contributed by atoms with van der Waals surface area (Å²) in [4.78, 5) is 16.3. The van der Waals surface area contributed by atoms with Crippen LogP contribution < -0.4 is 0 Å². The minimum atomic E-state index is -0.395. The summed E-state index contributed by atoms with van der Waals surface area (Å²) in [6, 6.07) is 17.3. The molecule has 0 saturated heterocycles. The predicted molar refractivity (Wildman–Crippen MR) is 104 cm³/mol. The van der Waals surface area contributed by atoms with E-state index in [4.69, 9.17) is 0 Å². The van der Waals surface area contributed by atoms with Crippen molar-refractivity contribution in [1.82, 2.24) is 30.0 Å². The van der Waals surface area contributed by atoms with Gasteiger partial charge in [0.05, 0.1) is 12.2 Å². The second-order valence-corrected chi connectivity index (χ2v) is 6.79.